The smallest absolute Gasteiger partial charge is 0.255 e. The molecule has 0 aliphatic rings. The highest BCUT2D eigenvalue weighted by molar-refractivity contribution is 7.99. The number of oxazole rings is 1. The molecule has 1 atom stereocenters. The Morgan fingerprint density at radius 1 is 1.56 bits per heavy atom. The molecule has 0 amide bonds. The fourth-order valence-corrected chi connectivity index (χ4v) is 2.47. The van der Waals surface area contributed by atoms with Crippen molar-refractivity contribution in [2.45, 2.75) is 50.3 Å². The van der Waals surface area contributed by atoms with E-state index in [1.54, 1.807) is 24.2 Å². The van der Waals surface area contributed by atoms with Crippen LogP contribution in [0.1, 0.15) is 39.5 Å². The average Bonchev–Trinajstić information content (AvgIpc) is 2.92. The van der Waals surface area contributed by atoms with Crippen LogP contribution in [0, 0.1) is 11.3 Å². The van der Waals surface area contributed by atoms with Crippen LogP contribution in [-0.4, -0.2) is 22.8 Å². The fourth-order valence-electron chi connectivity index (χ4n) is 1.74. The topological polar surface area (TPSA) is 61.9 Å². The Hall–Kier alpha value is -0.990. The van der Waals surface area contributed by atoms with Crippen molar-refractivity contribution >= 4 is 11.8 Å². The lowest BCUT2D eigenvalue weighted by atomic mass is 9.92. The van der Waals surface area contributed by atoms with Gasteiger partial charge in [0.05, 0.1) is 12.3 Å². The standard InChI is InChI=1S/C13H21N3OS/c1-3-7-16-13(4-2,11-14)6-5-10-18-12-15-8-9-17-12/h8-9,16H,3-7,10H2,1-2H3. The molecular weight excluding hydrogens is 246 g/mol. The van der Waals surface area contributed by atoms with Gasteiger partial charge in [-0.2, -0.15) is 5.26 Å². The Morgan fingerprint density at radius 3 is 2.94 bits per heavy atom. The number of hydrogen-bond acceptors (Lipinski definition) is 5. The molecule has 1 N–H and O–H groups in total. The molecular formula is C13H21N3OS. The predicted octanol–water partition coefficient (Wildman–Crippen LogP) is 3.22. The minimum atomic E-state index is -0.368. The van der Waals surface area contributed by atoms with Crippen molar-refractivity contribution in [3.8, 4) is 6.07 Å². The van der Waals surface area contributed by atoms with E-state index in [1.807, 2.05) is 0 Å². The summed E-state index contributed by atoms with van der Waals surface area (Å²) in [5, 5.41) is 13.4. The summed E-state index contributed by atoms with van der Waals surface area (Å²) in [6.45, 7) is 5.07. The second-order valence-electron chi connectivity index (χ2n) is 4.22. The molecule has 1 heterocycles. The third kappa shape index (κ3) is 4.71. The van der Waals surface area contributed by atoms with Crippen LogP contribution >= 0.6 is 11.8 Å². The SMILES string of the molecule is CCCNC(C#N)(CC)CCCSc1ncco1. The zero-order valence-electron chi connectivity index (χ0n) is 11.1. The van der Waals surface area contributed by atoms with Crippen molar-refractivity contribution in [2.75, 3.05) is 12.3 Å². The summed E-state index contributed by atoms with van der Waals surface area (Å²) < 4.78 is 5.15. The summed E-state index contributed by atoms with van der Waals surface area (Å²) in [7, 11) is 0. The van der Waals surface area contributed by atoms with Gasteiger partial charge in [-0.25, -0.2) is 4.98 Å². The first-order valence-electron chi connectivity index (χ1n) is 6.45. The second kappa shape index (κ2) is 8.17. The first kappa shape index (κ1) is 15.1. The molecule has 0 spiro atoms. The molecule has 5 heteroatoms. The lowest BCUT2D eigenvalue weighted by molar-refractivity contribution is 0.371. The van der Waals surface area contributed by atoms with E-state index in [2.05, 4.69) is 30.2 Å². The minimum Gasteiger partial charge on any atom is -0.440 e. The van der Waals surface area contributed by atoms with Crippen LogP contribution < -0.4 is 5.32 Å². The van der Waals surface area contributed by atoms with Gasteiger partial charge in [0, 0.05) is 5.75 Å². The molecule has 100 valence electrons. The van der Waals surface area contributed by atoms with E-state index in [4.69, 9.17) is 4.42 Å². The third-order valence-electron chi connectivity index (χ3n) is 2.91. The quantitative estimate of drug-likeness (QED) is 0.550. The van der Waals surface area contributed by atoms with Crippen molar-refractivity contribution in [1.29, 1.82) is 5.26 Å². The van der Waals surface area contributed by atoms with Crippen molar-refractivity contribution in [2.24, 2.45) is 0 Å². The summed E-state index contributed by atoms with van der Waals surface area (Å²) in [5.74, 6) is 0.928. The summed E-state index contributed by atoms with van der Waals surface area (Å²) in [4.78, 5) is 4.06. The summed E-state index contributed by atoms with van der Waals surface area (Å²) in [6, 6.07) is 2.43. The largest absolute Gasteiger partial charge is 0.440 e. The van der Waals surface area contributed by atoms with Gasteiger partial charge >= 0.3 is 0 Å². The third-order valence-corrected chi connectivity index (χ3v) is 3.86. The molecule has 1 rings (SSSR count). The number of nitrogens with one attached hydrogen (secondary N) is 1. The zero-order valence-corrected chi connectivity index (χ0v) is 11.9. The maximum absolute atomic E-state index is 9.34. The van der Waals surface area contributed by atoms with Crippen molar-refractivity contribution in [1.82, 2.24) is 10.3 Å². The maximum atomic E-state index is 9.34. The average molecular weight is 267 g/mol. The van der Waals surface area contributed by atoms with Crippen molar-refractivity contribution < 1.29 is 4.42 Å². The molecule has 4 nitrogen and oxygen atoms in total. The number of nitriles is 1. The van der Waals surface area contributed by atoms with E-state index in [0.29, 0.717) is 5.22 Å². The second-order valence-corrected chi connectivity index (χ2v) is 5.27. The highest BCUT2D eigenvalue weighted by atomic mass is 32.2. The number of aromatic nitrogens is 1. The Balaban J connectivity index is 2.31. The van der Waals surface area contributed by atoms with Gasteiger partial charge in [0.1, 0.15) is 11.8 Å². The highest BCUT2D eigenvalue weighted by Crippen LogP contribution is 2.21. The van der Waals surface area contributed by atoms with Crippen LogP contribution in [0.15, 0.2) is 22.1 Å². The molecule has 1 unspecified atom stereocenters. The van der Waals surface area contributed by atoms with Crippen LogP contribution in [0.2, 0.25) is 0 Å². The van der Waals surface area contributed by atoms with Crippen LogP contribution in [0.4, 0.5) is 0 Å². The van der Waals surface area contributed by atoms with Crippen molar-refractivity contribution in [3.63, 3.8) is 0 Å². The van der Waals surface area contributed by atoms with Gasteiger partial charge in [0.25, 0.3) is 5.22 Å². The molecule has 1 aromatic rings. The monoisotopic (exact) mass is 267 g/mol. The van der Waals surface area contributed by atoms with Gasteiger partial charge < -0.3 is 4.42 Å². The summed E-state index contributed by atoms with van der Waals surface area (Å²) in [6.07, 6.45) is 6.97. The predicted molar refractivity (Wildman–Crippen MR) is 73.4 cm³/mol. The van der Waals surface area contributed by atoms with Gasteiger partial charge in [-0.3, -0.25) is 5.32 Å². The van der Waals surface area contributed by atoms with E-state index in [-0.39, 0.29) is 5.54 Å². The zero-order chi connectivity index (χ0) is 13.3. The molecule has 1 aromatic heterocycles. The minimum absolute atomic E-state index is 0.368. The Kier molecular flexibility index (Phi) is 6.84. The Labute approximate surface area is 113 Å². The molecule has 0 bridgehead atoms. The first-order chi connectivity index (χ1) is 8.76. The van der Waals surface area contributed by atoms with Crippen LogP contribution in [-0.2, 0) is 0 Å². The molecule has 0 saturated carbocycles. The lowest BCUT2D eigenvalue weighted by Gasteiger charge is -2.26. The number of nitrogens with zero attached hydrogens (tertiary/aromatic N) is 2. The van der Waals surface area contributed by atoms with Gasteiger partial charge in [-0.05, 0) is 32.2 Å². The number of hydrogen-bond donors (Lipinski definition) is 1. The Bertz CT molecular complexity index is 361. The highest BCUT2D eigenvalue weighted by Gasteiger charge is 2.26. The molecule has 0 aliphatic heterocycles. The molecule has 0 radical (unpaired) electrons. The van der Waals surface area contributed by atoms with Gasteiger partial charge in [0.2, 0.25) is 0 Å². The molecule has 0 aromatic carbocycles. The molecule has 0 saturated heterocycles. The van der Waals surface area contributed by atoms with Crippen molar-refractivity contribution in [3.05, 3.63) is 12.5 Å². The normalized spacial score (nSPS) is 14.1. The van der Waals surface area contributed by atoms with Gasteiger partial charge in [-0.15, -0.1) is 0 Å². The van der Waals surface area contributed by atoms with E-state index < -0.39 is 0 Å². The van der Waals surface area contributed by atoms with Crippen LogP contribution in [0.25, 0.3) is 0 Å². The Morgan fingerprint density at radius 2 is 2.39 bits per heavy atom. The molecule has 0 fully saturated rings. The van der Waals surface area contributed by atoms with Gasteiger partial charge in [0.15, 0.2) is 0 Å². The van der Waals surface area contributed by atoms with E-state index in [1.165, 1.54) is 0 Å². The number of rotatable bonds is 9. The van der Waals surface area contributed by atoms with Crippen LogP contribution in [0.5, 0.6) is 0 Å². The fraction of sp³-hybridized carbons (Fsp3) is 0.692. The van der Waals surface area contributed by atoms with Gasteiger partial charge in [-0.1, -0.05) is 25.6 Å². The van der Waals surface area contributed by atoms with E-state index >= 15 is 0 Å². The first-order valence-corrected chi connectivity index (χ1v) is 7.43. The maximum Gasteiger partial charge on any atom is 0.255 e. The molecule has 0 aliphatic carbocycles. The number of thioether (sulfide) groups is 1. The van der Waals surface area contributed by atoms with E-state index in [9.17, 15) is 5.26 Å². The summed E-state index contributed by atoms with van der Waals surface area (Å²) in [5.41, 5.74) is -0.368. The lowest BCUT2D eigenvalue weighted by Crippen LogP contribution is -2.43. The summed E-state index contributed by atoms with van der Waals surface area (Å²) >= 11 is 1.60. The van der Waals surface area contributed by atoms with E-state index in [0.717, 1.165) is 38.0 Å². The molecule has 18 heavy (non-hydrogen) atoms. The van der Waals surface area contributed by atoms with Crippen LogP contribution in [0.3, 0.4) is 0 Å².